The SMILES string of the molecule is CN(C)CC(=O)Nc1cccc(CCCO)c1. The third kappa shape index (κ3) is 5.47. The van der Waals surface area contributed by atoms with E-state index in [0.29, 0.717) is 6.54 Å². The molecule has 1 aromatic rings. The zero-order valence-corrected chi connectivity index (χ0v) is 10.4. The summed E-state index contributed by atoms with van der Waals surface area (Å²) in [4.78, 5) is 13.4. The highest BCUT2D eigenvalue weighted by Crippen LogP contribution is 2.12. The molecule has 0 aliphatic carbocycles. The first-order valence-corrected chi connectivity index (χ1v) is 5.76. The number of rotatable bonds is 6. The van der Waals surface area contributed by atoms with Gasteiger partial charge >= 0.3 is 0 Å². The second kappa shape index (κ2) is 7.04. The number of anilines is 1. The smallest absolute Gasteiger partial charge is 0.238 e. The summed E-state index contributed by atoms with van der Waals surface area (Å²) in [6, 6.07) is 7.73. The molecule has 1 rings (SSSR count). The number of benzene rings is 1. The fraction of sp³-hybridized carbons (Fsp3) is 0.462. The molecule has 0 aliphatic rings. The molecule has 0 saturated heterocycles. The van der Waals surface area contributed by atoms with Crippen LogP contribution >= 0.6 is 0 Å². The molecule has 0 aliphatic heterocycles. The van der Waals surface area contributed by atoms with Crippen LogP contribution in [0.25, 0.3) is 0 Å². The molecule has 0 heterocycles. The van der Waals surface area contributed by atoms with Gasteiger partial charge in [0.25, 0.3) is 0 Å². The molecular formula is C13H20N2O2. The third-order valence-corrected chi connectivity index (χ3v) is 2.29. The maximum Gasteiger partial charge on any atom is 0.238 e. The van der Waals surface area contributed by atoms with Gasteiger partial charge in [0.15, 0.2) is 0 Å². The van der Waals surface area contributed by atoms with Gasteiger partial charge in [-0.3, -0.25) is 4.79 Å². The summed E-state index contributed by atoms with van der Waals surface area (Å²) >= 11 is 0. The number of nitrogens with zero attached hydrogens (tertiary/aromatic N) is 1. The monoisotopic (exact) mass is 236 g/mol. The van der Waals surface area contributed by atoms with Crippen molar-refractivity contribution >= 4 is 11.6 Å². The fourth-order valence-electron chi connectivity index (χ4n) is 1.58. The number of carbonyl (C=O) groups is 1. The van der Waals surface area contributed by atoms with Crippen LogP contribution in [0.15, 0.2) is 24.3 Å². The molecule has 0 unspecified atom stereocenters. The van der Waals surface area contributed by atoms with Crippen molar-refractivity contribution in [1.29, 1.82) is 0 Å². The Morgan fingerprint density at radius 2 is 2.18 bits per heavy atom. The van der Waals surface area contributed by atoms with Crippen molar-refractivity contribution in [1.82, 2.24) is 4.90 Å². The van der Waals surface area contributed by atoms with Crippen LogP contribution in [0.1, 0.15) is 12.0 Å². The number of aryl methyl sites for hydroxylation is 1. The second-order valence-corrected chi connectivity index (χ2v) is 4.31. The maximum atomic E-state index is 11.6. The minimum absolute atomic E-state index is 0.0192. The number of hydrogen-bond acceptors (Lipinski definition) is 3. The van der Waals surface area contributed by atoms with E-state index in [9.17, 15) is 4.79 Å². The van der Waals surface area contributed by atoms with Crippen LogP contribution in [0.5, 0.6) is 0 Å². The lowest BCUT2D eigenvalue weighted by Gasteiger charge is -2.10. The van der Waals surface area contributed by atoms with Gasteiger partial charge in [-0.05, 0) is 44.6 Å². The van der Waals surface area contributed by atoms with E-state index in [-0.39, 0.29) is 12.5 Å². The van der Waals surface area contributed by atoms with E-state index in [2.05, 4.69) is 5.32 Å². The first-order valence-electron chi connectivity index (χ1n) is 5.76. The molecule has 17 heavy (non-hydrogen) atoms. The van der Waals surface area contributed by atoms with Crippen molar-refractivity contribution in [3.05, 3.63) is 29.8 Å². The fourth-order valence-corrected chi connectivity index (χ4v) is 1.58. The molecule has 1 aromatic carbocycles. The zero-order valence-electron chi connectivity index (χ0n) is 10.4. The largest absolute Gasteiger partial charge is 0.396 e. The van der Waals surface area contributed by atoms with Gasteiger partial charge in [-0.25, -0.2) is 0 Å². The van der Waals surface area contributed by atoms with Gasteiger partial charge in [0.05, 0.1) is 6.54 Å². The Morgan fingerprint density at radius 3 is 2.82 bits per heavy atom. The van der Waals surface area contributed by atoms with Crippen molar-refractivity contribution in [2.24, 2.45) is 0 Å². The van der Waals surface area contributed by atoms with Crippen LogP contribution in [0, 0.1) is 0 Å². The molecular weight excluding hydrogens is 216 g/mol. The predicted molar refractivity (Wildman–Crippen MR) is 69.0 cm³/mol. The molecule has 0 fully saturated rings. The van der Waals surface area contributed by atoms with Crippen LogP contribution in [-0.4, -0.2) is 43.2 Å². The molecule has 0 aromatic heterocycles. The Bertz CT molecular complexity index is 364. The van der Waals surface area contributed by atoms with Crippen LogP contribution in [0.4, 0.5) is 5.69 Å². The van der Waals surface area contributed by atoms with Crippen LogP contribution in [0.3, 0.4) is 0 Å². The Labute approximate surface area is 102 Å². The van der Waals surface area contributed by atoms with E-state index >= 15 is 0 Å². The van der Waals surface area contributed by atoms with Crippen molar-refractivity contribution in [3.8, 4) is 0 Å². The zero-order chi connectivity index (χ0) is 12.7. The van der Waals surface area contributed by atoms with E-state index in [0.717, 1.165) is 24.1 Å². The van der Waals surface area contributed by atoms with Crippen LogP contribution < -0.4 is 5.32 Å². The lowest BCUT2D eigenvalue weighted by molar-refractivity contribution is -0.116. The van der Waals surface area contributed by atoms with Crippen molar-refractivity contribution in [2.75, 3.05) is 32.6 Å². The van der Waals surface area contributed by atoms with Crippen LogP contribution in [-0.2, 0) is 11.2 Å². The highest BCUT2D eigenvalue weighted by Gasteiger charge is 2.03. The van der Waals surface area contributed by atoms with Gasteiger partial charge in [0, 0.05) is 12.3 Å². The van der Waals surface area contributed by atoms with E-state index in [1.165, 1.54) is 0 Å². The summed E-state index contributed by atoms with van der Waals surface area (Å²) in [5, 5.41) is 11.6. The standard InChI is InChI=1S/C13H20N2O2/c1-15(2)10-13(17)14-12-7-3-5-11(9-12)6-4-8-16/h3,5,7,9,16H,4,6,8,10H2,1-2H3,(H,14,17). The molecule has 1 amide bonds. The quantitative estimate of drug-likeness (QED) is 0.778. The number of nitrogens with one attached hydrogen (secondary N) is 1. The normalized spacial score (nSPS) is 10.6. The average Bonchev–Trinajstić information content (AvgIpc) is 2.25. The molecule has 2 N–H and O–H groups in total. The Hall–Kier alpha value is -1.39. The van der Waals surface area contributed by atoms with E-state index in [1.54, 1.807) is 0 Å². The van der Waals surface area contributed by atoms with E-state index in [4.69, 9.17) is 5.11 Å². The van der Waals surface area contributed by atoms with Gasteiger partial charge in [-0.15, -0.1) is 0 Å². The molecule has 94 valence electrons. The molecule has 4 heteroatoms. The summed E-state index contributed by atoms with van der Waals surface area (Å²) in [6.07, 6.45) is 1.57. The van der Waals surface area contributed by atoms with Gasteiger partial charge in [-0.2, -0.15) is 0 Å². The van der Waals surface area contributed by atoms with Crippen LogP contribution in [0.2, 0.25) is 0 Å². The van der Waals surface area contributed by atoms with Gasteiger partial charge in [-0.1, -0.05) is 12.1 Å². The molecule has 0 radical (unpaired) electrons. The van der Waals surface area contributed by atoms with Crippen molar-refractivity contribution < 1.29 is 9.90 Å². The topological polar surface area (TPSA) is 52.6 Å². The molecule has 0 atom stereocenters. The number of likely N-dealkylation sites (N-methyl/N-ethyl adjacent to an activating group) is 1. The minimum atomic E-state index is -0.0192. The Balaban J connectivity index is 2.56. The summed E-state index contributed by atoms with van der Waals surface area (Å²) in [5.74, 6) is -0.0192. The van der Waals surface area contributed by atoms with E-state index in [1.807, 2.05) is 43.3 Å². The number of aliphatic hydroxyl groups is 1. The highest BCUT2D eigenvalue weighted by atomic mass is 16.2. The highest BCUT2D eigenvalue weighted by molar-refractivity contribution is 5.92. The Kier molecular flexibility index (Phi) is 5.66. The predicted octanol–water partition coefficient (Wildman–Crippen LogP) is 1.11. The minimum Gasteiger partial charge on any atom is -0.396 e. The lowest BCUT2D eigenvalue weighted by Crippen LogP contribution is -2.27. The summed E-state index contributed by atoms with van der Waals surface area (Å²) in [7, 11) is 3.72. The molecule has 0 bridgehead atoms. The summed E-state index contributed by atoms with van der Waals surface area (Å²) < 4.78 is 0. The first kappa shape index (κ1) is 13.7. The maximum absolute atomic E-state index is 11.6. The van der Waals surface area contributed by atoms with Crippen molar-refractivity contribution in [2.45, 2.75) is 12.8 Å². The second-order valence-electron chi connectivity index (χ2n) is 4.31. The summed E-state index contributed by atoms with van der Waals surface area (Å²) in [5.41, 5.74) is 1.94. The molecule has 4 nitrogen and oxygen atoms in total. The van der Waals surface area contributed by atoms with Gasteiger partial charge in [0.1, 0.15) is 0 Å². The van der Waals surface area contributed by atoms with Gasteiger partial charge in [0.2, 0.25) is 5.91 Å². The lowest BCUT2D eigenvalue weighted by atomic mass is 10.1. The number of aliphatic hydroxyl groups excluding tert-OH is 1. The first-order chi connectivity index (χ1) is 8.11. The number of carbonyl (C=O) groups excluding carboxylic acids is 1. The third-order valence-electron chi connectivity index (χ3n) is 2.29. The number of hydrogen-bond donors (Lipinski definition) is 2. The molecule has 0 saturated carbocycles. The summed E-state index contributed by atoms with van der Waals surface area (Å²) in [6.45, 7) is 0.568. The average molecular weight is 236 g/mol. The van der Waals surface area contributed by atoms with Crippen molar-refractivity contribution in [3.63, 3.8) is 0 Å². The Morgan fingerprint density at radius 1 is 1.41 bits per heavy atom. The number of amides is 1. The van der Waals surface area contributed by atoms with E-state index < -0.39 is 0 Å². The molecule has 0 spiro atoms. The van der Waals surface area contributed by atoms with Gasteiger partial charge < -0.3 is 15.3 Å².